The molecular formula is C14H19NO5. The van der Waals surface area contributed by atoms with Gasteiger partial charge in [0.25, 0.3) is 0 Å². The van der Waals surface area contributed by atoms with Crippen LogP contribution < -0.4 is 0 Å². The van der Waals surface area contributed by atoms with Crippen molar-refractivity contribution >= 4 is 18.2 Å². The number of aldehydes is 1. The van der Waals surface area contributed by atoms with Gasteiger partial charge in [0.2, 0.25) is 0 Å². The van der Waals surface area contributed by atoms with Gasteiger partial charge < -0.3 is 19.2 Å². The Balaban J connectivity index is 3.11. The third kappa shape index (κ3) is 4.22. The molecule has 0 amide bonds. The third-order valence-corrected chi connectivity index (χ3v) is 2.94. The van der Waals surface area contributed by atoms with Crippen LogP contribution in [-0.2, 0) is 23.9 Å². The van der Waals surface area contributed by atoms with Crippen LogP contribution in [0.1, 0.15) is 19.3 Å². The standard InChI is InChI=1S/C14H19NO5/c1-19-13(17)11-6-3-4-7-15(8-5-9-16)10-12(11)14(18)20-2/h6,9-10H,3-5,7-8H2,1-2H3/b11-6+,12-10+. The summed E-state index contributed by atoms with van der Waals surface area (Å²) in [4.78, 5) is 35.9. The molecule has 110 valence electrons. The van der Waals surface area contributed by atoms with Crippen LogP contribution in [-0.4, -0.2) is 50.4 Å². The minimum atomic E-state index is -0.598. The third-order valence-electron chi connectivity index (χ3n) is 2.94. The van der Waals surface area contributed by atoms with E-state index in [1.807, 2.05) is 4.90 Å². The molecule has 0 unspecified atom stereocenters. The van der Waals surface area contributed by atoms with E-state index >= 15 is 0 Å². The fourth-order valence-corrected chi connectivity index (χ4v) is 1.94. The summed E-state index contributed by atoms with van der Waals surface area (Å²) in [5.74, 6) is -1.17. The Morgan fingerprint density at radius 2 is 1.90 bits per heavy atom. The fraction of sp³-hybridized carbons (Fsp3) is 0.500. The van der Waals surface area contributed by atoms with Crippen molar-refractivity contribution in [3.8, 4) is 0 Å². The maximum Gasteiger partial charge on any atom is 0.340 e. The van der Waals surface area contributed by atoms with Gasteiger partial charge in [0, 0.05) is 25.7 Å². The number of carbonyl (C=O) groups excluding carboxylic acids is 3. The highest BCUT2D eigenvalue weighted by Crippen LogP contribution is 2.19. The van der Waals surface area contributed by atoms with Gasteiger partial charge in [-0.15, -0.1) is 0 Å². The Bertz CT molecular complexity index is 439. The molecule has 1 heterocycles. The van der Waals surface area contributed by atoms with Gasteiger partial charge >= 0.3 is 11.9 Å². The fourth-order valence-electron chi connectivity index (χ4n) is 1.94. The first-order chi connectivity index (χ1) is 9.63. The van der Waals surface area contributed by atoms with E-state index in [0.717, 1.165) is 12.7 Å². The molecule has 0 atom stereocenters. The molecule has 0 radical (unpaired) electrons. The molecule has 0 aromatic heterocycles. The summed E-state index contributed by atoms with van der Waals surface area (Å²) in [6.07, 6.45) is 5.91. The summed E-state index contributed by atoms with van der Waals surface area (Å²) in [5.41, 5.74) is 0.361. The van der Waals surface area contributed by atoms with E-state index in [4.69, 9.17) is 9.47 Å². The molecule has 20 heavy (non-hydrogen) atoms. The first-order valence-corrected chi connectivity index (χ1v) is 6.40. The summed E-state index contributed by atoms with van der Waals surface area (Å²) in [6.45, 7) is 1.21. The normalized spacial score (nSPS) is 20.6. The number of hydrogen-bond donors (Lipinski definition) is 0. The number of ether oxygens (including phenoxy) is 2. The number of rotatable bonds is 5. The van der Waals surface area contributed by atoms with Crippen LogP contribution in [0.5, 0.6) is 0 Å². The predicted octanol–water partition coefficient (Wildman–Crippen LogP) is 0.827. The van der Waals surface area contributed by atoms with E-state index in [0.29, 0.717) is 25.9 Å². The van der Waals surface area contributed by atoms with Gasteiger partial charge in [0.05, 0.1) is 25.4 Å². The van der Waals surface area contributed by atoms with Crippen LogP contribution >= 0.6 is 0 Å². The topological polar surface area (TPSA) is 72.9 Å². The molecule has 0 fully saturated rings. The van der Waals surface area contributed by atoms with Gasteiger partial charge in [0.1, 0.15) is 6.29 Å². The molecule has 0 aliphatic carbocycles. The minimum Gasteiger partial charge on any atom is -0.465 e. The summed E-state index contributed by atoms with van der Waals surface area (Å²) < 4.78 is 9.41. The molecule has 0 N–H and O–H groups in total. The summed E-state index contributed by atoms with van der Waals surface area (Å²) >= 11 is 0. The van der Waals surface area contributed by atoms with E-state index in [1.54, 1.807) is 12.3 Å². The van der Waals surface area contributed by atoms with Crippen LogP contribution in [0.15, 0.2) is 23.4 Å². The molecule has 0 aromatic carbocycles. The molecule has 1 aliphatic rings. The Labute approximate surface area is 118 Å². The van der Waals surface area contributed by atoms with Crippen molar-refractivity contribution in [2.75, 3.05) is 27.3 Å². The van der Waals surface area contributed by atoms with Crippen LogP contribution in [0.25, 0.3) is 0 Å². The van der Waals surface area contributed by atoms with E-state index in [9.17, 15) is 14.4 Å². The Morgan fingerprint density at radius 3 is 2.50 bits per heavy atom. The molecule has 0 saturated heterocycles. The van der Waals surface area contributed by atoms with E-state index in [1.165, 1.54) is 14.2 Å². The first kappa shape index (κ1) is 15.9. The second kappa shape index (κ2) is 8.14. The highest BCUT2D eigenvalue weighted by molar-refractivity contribution is 6.06. The maximum absolute atomic E-state index is 11.8. The smallest absolute Gasteiger partial charge is 0.340 e. The lowest BCUT2D eigenvalue weighted by molar-refractivity contribution is -0.139. The van der Waals surface area contributed by atoms with Gasteiger partial charge in [0.15, 0.2) is 0 Å². The van der Waals surface area contributed by atoms with Gasteiger partial charge in [-0.05, 0) is 12.8 Å². The SMILES string of the molecule is COC(=O)C1=C/CCCN(CCC=O)/C=C\1C(=O)OC. The molecule has 1 rings (SSSR count). The number of esters is 2. The van der Waals surface area contributed by atoms with Crippen molar-refractivity contribution in [3.05, 3.63) is 23.4 Å². The van der Waals surface area contributed by atoms with Crippen molar-refractivity contribution in [2.45, 2.75) is 19.3 Å². The Hall–Kier alpha value is -2.11. The summed E-state index contributed by atoms with van der Waals surface area (Å²) in [7, 11) is 2.52. The number of allylic oxidation sites excluding steroid dienone is 1. The Morgan fingerprint density at radius 1 is 1.25 bits per heavy atom. The van der Waals surface area contributed by atoms with Crippen molar-refractivity contribution in [1.82, 2.24) is 4.90 Å². The van der Waals surface area contributed by atoms with Gasteiger partial charge in [-0.2, -0.15) is 0 Å². The molecule has 0 bridgehead atoms. The average molecular weight is 281 g/mol. The number of hydrogen-bond acceptors (Lipinski definition) is 6. The number of carbonyl (C=O) groups is 3. The van der Waals surface area contributed by atoms with E-state index in [2.05, 4.69) is 0 Å². The second-order valence-corrected chi connectivity index (χ2v) is 4.28. The van der Waals surface area contributed by atoms with Crippen LogP contribution in [0.4, 0.5) is 0 Å². The van der Waals surface area contributed by atoms with Crippen molar-refractivity contribution < 1.29 is 23.9 Å². The predicted molar refractivity (Wildman–Crippen MR) is 71.7 cm³/mol. The number of nitrogens with zero attached hydrogens (tertiary/aromatic N) is 1. The molecule has 6 nitrogen and oxygen atoms in total. The lowest BCUT2D eigenvalue weighted by atomic mass is 10.0. The van der Waals surface area contributed by atoms with Crippen LogP contribution in [0, 0.1) is 0 Å². The van der Waals surface area contributed by atoms with Gasteiger partial charge in [-0.3, -0.25) is 0 Å². The molecular weight excluding hydrogens is 262 g/mol. The zero-order chi connectivity index (χ0) is 15.0. The molecule has 0 aromatic rings. The van der Waals surface area contributed by atoms with Gasteiger partial charge in [-0.1, -0.05) is 6.08 Å². The maximum atomic E-state index is 11.8. The monoisotopic (exact) mass is 281 g/mol. The number of methoxy groups -OCH3 is 2. The largest absolute Gasteiger partial charge is 0.465 e. The molecule has 1 aliphatic heterocycles. The molecule has 6 heteroatoms. The second-order valence-electron chi connectivity index (χ2n) is 4.28. The lowest BCUT2D eigenvalue weighted by Gasteiger charge is -2.23. The Kier molecular flexibility index (Phi) is 6.49. The minimum absolute atomic E-state index is 0.157. The first-order valence-electron chi connectivity index (χ1n) is 6.40. The summed E-state index contributed by atoms with van der Waals surface area (Å²) in [6, 6.07) is 0. The zero-order valence-corrected chi connectivity index (χ0v) is 11.8. The summed E-state index contributed by atoms with van der Waals surface area (Å²) in [5, 5.41) is 0. The van der Waals surface area contributed by atoms with E-state index in [-0.39, 0.29) is 11.1 Å². The molecule has 0 spiro atoms. The quantitative estimate of drug-likeness (QED) is 0.549. The lowest BCUT2D eigenvalue weighted by Crippen LogP contribution is -2.25. The molecule has 0 saturated carbocycles. The zero-order valence-electron chi connectivity index (χ0n) is 11.8. The van der Waals surface area contributed by atoms with Crippen molar-refractivity contribution in [1.29, 1.82) is 0 Å². The van der Waals surface area contributed by atoms with Crippen LogP contribution in [0.3, 0.4) is 0 Å². The highest BCUT2D eigenvalue weighted by Gasteiger charge is 2.24. The highest BCUT2D eigenvalue weighted by atomic mass is 16.5. The average Bonchev–Trinajstić information content (AvgIpc) is 2.45. The van der Waals surface area contributed by atoms with Crippen molar-refractivity contribution in [2.24, 2.45) is 0 Å². The van der Waals surface area contributed by atoms with Crippen molar-refractivity contribution in [3.63, 3.8) is 0 Å². The van der Waals surface area contributed by atoms with E-state index < -0.39 is 11.9 Å². The van der Waals surface area contributed by atoms with Gasteiger partial charge in [-0.25, -0.2) is 9.59 Å². The van der Waals surface area contributed by atoms with Crippen LogP contribution in [0.2, 0.25) is 0 Å².